The van der Waals surface area contributed by atoms with E-state index >= 15 is 0 Å². The Morgan fingerprint density at radius 1 is 1.07 bits per heavy atom. The van der Waals surface area contributed by atoms with Crippen LogP contribution in [0.3, 0.4) is 0 Å². The second-order valence-electron chi connectivity index (χ2n) is 4.80. The van der Waals surface area contributed by atoms with E-state index in [-0.39, 0.29) is 0 Å². The molecule has 14 heavy (non-hydrogen) atoms. The molecule has 0 saturated carbocycles. The van der Waals surface area contributed by atoms with Crippen molar-refractivity contribution in [3.05, 3.63) is 0 Å². The van der Waals surface area contributed by atoms with Crippen molar-refractivity contribution >= 4 is 5.91 Å². The molecule has 2 fully saturated rings. The topological polar surface area (TPSA) is 23.6 Å². The van der Waals surface area contributed by atoms with Gasteiger partial charge in [0, 0.05) is 19.5 Å². The molecular formula is C11H20N2O. The van der Waals surface area contributed by atoms with Gasteiger partial charge in [0.2, 0.25) is 5.91 Å². The molecular weight excluding hydrogens is 176 g/mol. The third-order valence-electron chi connectivity index (χ3n) is 3.80. The molecule has 2 aliphatic rings. The first-order valence-electron chi connectivity index (χ1n) is 5.62. The van der Waals surface area contributed by atoms with Crippen LogP contribution in [-0.2, 0) is 4.79 Å². The molecule has 2 heterocycles. The van der Waals surface area contributed by atoms with Gasteiger partial charge in [-0.1, -0.05) is 0 Å². The lowest BCUT2D eigenvalue weighted by atomic mass is 9.83. The number of amides is 1. The molecule has 0 bridgehead atoms. The molecule has 0 N–H and O–H groups in total. The minimum atomic E-state index is 0.341. The summed E-state index contributed by atoms with van der Waals surface area (Å²) >= 11 is 0. The second kappa shape index (κ2) is 3.89. The fourth-order valence-corrected chi connectivity index (χ4v) is 2.72. The van der Waals surface area contributed by atoms with E-state index in [1.54, 1.807) is 0 Å². The van der Waals surface area contributed by atoms with Gasteiger partial charge in [-0.2, -0.15) is 0 Å². The van der Waals surface area contributed by atoms with Crippen molar-refractivity contribution in [2.24, 2.45) is 11.8 Å². The van der Waals surface area contributed by atoms with Crippen molar-refractivity contribution in [1.29, 1.82) is 0 Å². The van der Waals surface area contributed by atoms with Crippen LogP contribution in [0.5, 0.6) is 0 Å². The highest BCUT2D eigenvalue weighted by atomic mass is 16.2. The highest BCUT2D eigenvalue weighted by Crippen LogP contribution is 2.31. The summed E-state index contributed by atoms with van der Waals surface area (Å²) in [5, 5.41) is 0. The molecule has 2 rings (SSSR count). The standard InChI is InChI=1S/C11H20N2O/c1-12-6-3-9(4-7-12)10-5-8-13(2)11(10)14/h9-10H,3-8H2,1-2H3. The van der Waals surface area contributed by atoms with Crippen LogP contribution in [0.15, 0.2) is 0 Å². The molecule has 3 nitrogen and oxygen atoms in total. The van der Waals surface area contributed by atoms with E-state index in [9.17, 15) is 4.79 Å². The summed E-state index contributed by atoms with van der Waals surface area (Å²) in [4.78, 5) is 16.1. The summed E-state index contributed by atoms with van der Waals surface area (Å²) in [5.41, 5.74) is 0. The summed E-state index contributed by atoms with van der Waals surface area (Å²) < 4.78 is 0. The fourth-order valence-electron chi connectivity index (χ4n) is 2.72. The first kappa shape index (κ1) is 9.97. The Kier molecular flexibility index (Phi) is 2.77. The SMILES string of the molecule is CN1CCC(C2CCN(C)C2=O)CC1. The van der Waals surface area contributed by atoms with Crippen molar-refractivity contribution in [1.82, 2.24) is 9.80 Å². The average molecular weight is 196 g/mol. The van der Waals surface area contributed by atoms with Crippen LogP contribution >= 0.6 is 0 Å². The van der Waals surface area contributed by atoms with E-state index in [1.807, 2.05) is 11.9 Å². The van der Waals surface area contributed by atoms with E-state index in [2.05, 4.69) is 11.9 Å². The van der Waals surface area contributed by atoms with Crippen LogP contribution in [0.2, 0.25) is 0 Å². The zero-order valence-corrected chi connectivity index (χ0v) is 9.20. The van der Waals surface area contributed by atoms with E-state index in [0.717, 1.165) is 26.1 Å². The molecule has 0 aromatic rings. The van der Waals surface area contributed by atoms with Gasteiger partial charge >= 0.3 is 0 Å². The molecule has 1 atom stereocenters. The van der Waals surface area contributed by atoms with Gasteiger partial charge in [-0.15, -0.1) is 0 Å². The predicted molar refractivity (Wildman–Crippen MR) is 56.0 cm³/mol. The molecule has 0 radical (unpaired) electrons. The third kappa shape index (κ3) is 1.78. The molecule has 0 aromatic heterocycles. The van der Waals surface area contributed by atoms with Crippen LogP contribution in [0.25, 0.3) is 0 Å². The van der Waals surface area contributed by atoms with Gasteiger partial charge < -0.3 is 9.80 Å². The first-order valence-corrected chi connectivity index (χ1v) is 5.62. The number of nitrogens with zero attached hydrogens (tertiary/aromatic N) is 2. The number of likely N-dealkylation sites (tertiary alicyclic amines) is 2. The molecule has 1 amide bonds. The van der Waals surface area contributed by atoms with Crippen LogP contribution in [0.1, 0.15) is 19.3 Å². The summed E-state index contributed by atoms with van der Waals surface area (Å²) in [6, 6.07) is 0. The number of piperidine rings is 1. The van der Waals surface area contributed by atoms with Gasteiger partial charge in [0.1, 0.15) is 0 Å². The second-order valence-corrected chi connectivity index (χ2v) is 4.80. The minimum Gasteiger partial charge on any atom is -0.345 e. The van der Waals surface area contributed by atoms with Crippen LogP contribution in [-0.4, -0.2) is 49.4 Å². The van der Waals surface area contributed by atoms with Gasteiger partial charge in [-0.3, -0.25) is 4.79 Å². The molecule has 2 saturated heterocycles. The maximum atomic E-state index is 11.8. The zero-order chi connectivity index (χ0) is 10.1. The van der Waals surface area contributed by atoms with Crippen molar-refractivity contribution in [3.8, 4) is 0 Å². The number of carbonyl (C=O) groups excluding carboxylic acids is 1. The Morgan fingerprint density at radius 3 is 2.21 bits per heavy atom. The van der Waals surface area contributed by atoms with Crippen LogP contribution < -0.4 is 0 Å². The molecule has 1 unspecified atom stereocenters. The predicted octanol–water partition coefficient (Wildman–Crippen LogP) is 0.806. The monoisotopic (exact) mass is 196 g/mol. The molecule has 80 valence electrons. The van der Waals surface area contributed by atoms with E-state index in [1.165, 1.54) is 12.8 Å². The number of carbonyl (C=O) groups is 1. The average Bonchev–Trinajstić information content (AvgIpc) is 2.50. The Bertz CT molecular complexity index is 221. The number of rotatable bonds is 1. The van der Waals surface area contributed by atoms with Crippen molar-refractivity contribution in [2.45, 2.75) is 19.3 Å². The normalized spacial score (nSPS) is 31.4. The number of hydrogen-bond donors (Lipinski definition) is 0. The lowest BCUT2D eigenvalue weighted by Gasteiger charge is -2.31. The van der Waals surface area contributed by atoms with E-state index in [4.69, 9.17) is 0 Å². The van der Waals surface area contributed by atoms with Gasteiger partial charge in [-0.05, 0) is 45.3 Å². The van der Waals surface area contributed by atoms with Crippen molar-refractivity contribution < 1.29 is 4.79 Å². The smallest absolute Gasteiger partial charge is 0.225 e. The Morgan fingerprint density at radius 2 is 1.71 bits per heavy atom. The third-order valence-corrected chi connectivity index (χ3v) is 3.80. The zero-order valence-electron chi connectivity index (χ0n) is 9.20. The fraction of sp³-hybridized carbons (Fsp3) is 0.909. The first-order chi connectivity index (χ1) is 6.68. The maximum absolute atomic E-state index is 11.8. The van der Waals surface area contributed by atoms with Gasteiger partial charge in [-0.25, -0.2) is 0 Å². The summed E-state index contributed by atoms with van der Waals surface area (Å²) in [5.74, 6) is 1.39. The summed E-state index contributed by atoms with van der Waals surface area (Å²) in [6.07, 6.45) is 3.51. The molecule has 3 heteroatoms. The highest BCUT2D eigenvalue weighted by molar-refractivity contribution is 5.80. The van der Waals surface area contributed by atoms with Crippen molar-refractivity contribution in [2.75, 3.05) is 33.7 Å². The molecule has 0 spiro atoms. The van der Waals surface area contributed by atoms with Crippen LogP contribution in [0, 0.1) is 11.8 Å². The minimum absolute atomic E-state index is 0.341. The summed E-state index contributed by atoms with van der Waals surface area (Å²) in [6.45, 7) is 3.30. The molecule has 2 aliphatic heterocycles. The lowest BCUT2D eigenvalue weighted by Crippen LogP contribution is -2.36. The lowest BCUT2D eigenvalue weighted by molar-refractivity contribution is -0.131. The van der Waals surface area contributed by atoms with Crippen molar-refractivity contribution in [3.63, 3.8) is 0 Å². The quantitative estimate of drug-likeness (QED) is 0.619. The Labute approximate surface area is 86.1 Å². The van der Waals surface area contributed by atoms with Gasteiger partial charge in [0.05, 0.1) is 0 Å². The largest absolute Gasteiger partial charge is 0.345 e. The van der Waals surface area contributed by atoms with E-state index < -0.39 is 0 Å². The van der Waals surface area contributed by atoms with E-state index in [0.29, 0.717) is 17.7 Å². The molecule has 0 aliphatic carbocycles. The Hall–Kier alpha value is -0.570. The van der Waals surface area contributed by atoms with Crippen LogP contribution in [0.4, 0.5) is 0 Å². The Balaban J connectivity index is 1.93. The van der Waals surface area contributed by atoms with Gasteiger partial charge in [0.25, 0.3) is 0 Å². The molecule has 0 aromatic carbocycles. The summed E-state index contributed by atoms with van der Waals surface area (Å²) in [7, 11) is 4.09. The maximum Gasteiger partial charge on any atom is 0.225 e. The van der Waals surface area contributed by atoms with Gasteiger partial charge in [0.15, 0.2) is 0 Å². The highest BCUT2D eigenvalue weighted by Gasteiger charge is 2.36. The number of hydrogen-bond acceptors (Lipinski definition) is 2.